The van der Waals surface area contributed by atoms with Crippen LogP contribution in [0.4, 0.5) is 0 Å². The lowest BCUT2D eigenvalue weighted by molar-refractivity contribution is 0.0290. The van der Waals surface area contributed by atoms with Gasteiger partial charge in [-0.15, -0.1) is 11.3 Å². The summed E-state index contributed by atoms with van der Waals surface area (Å²) in [5.74, 6) is 0. The van der Waals surface area contributed by atoms with Gasteiger partial charge in [0.15, 0.2) is 0 Å². The molecule has 0 aliphatic carbocycles. The molecule has 114 valence electrons. The van der Waals surface area contributed by atoms with Gasteiger partial charge in [-0.05, 0) is 29.5 Å². The second kappa shape index (κ2) is 9.18. The van der Waals surface area contributed by atoms with Gasteiger partial charge >= 0.3 is 0 Å². The molecule has 3 nitrogen and oxygen atoms in total. The summed E-state index contributed by atoms with van der Waals surface area (Å²) in [7, 11) is 0. The molecule has 0 aliphatic heterocycles. The highest BCUT2D eigenvalue weighted by molar-refractivity contribution is 7.09. The number of benzene rings is 1. The highest BCUT2D eigenvalue weighted by Gasteiger charge is 2.05. The summed E-state index contributed by atoms with van der Waals surface area (Å²) in [6, 6.07) is 11.7. The molecule has 2 rings (SSSR count). The zero-order valence-electron chi connectivity index (χ0n) is 11.8. The Morgan fingerprint density at radius 3 is 2.86 bits per heavy atom. The van der Waals surface area contributed by atoms with E-state index in [1.807, 2.05) is 24.3 Å². The molecule has 0 bridgehead atoms. The summed E-state index contributed by atoms with van der Waals surface area (Å²) >= 11 is 7.79. The molecule has 2 N–H and O–H groups in total. The van der Waals surface area contributed by atoms with Crippen LogP contribution < -0.4 is 5.32 Å². The SMILES string of the molecule is OC(CNCCc1cccs1)COCc1ccccc1Cl. The summed E-state index contributed by atoms with van der Waals surface area (Å²) in [4.78, 5) is 1.35. The minimum absolute atomic E-state index is 0.303. The van der Waals surface area contributed by atoms with Crippen LogP contribution in [0.3, 0.4) is 0 Å². The highest BCUT2D eigenvalue weighted by atomic mass is 35.5. The third-order valence-electron chi connectivity index (χ3n) is 3.03. The van der Waals surface area contributed by atoms with Crippen LogP contribution in [0.15, 0.2) is 41.8 Å². The Kier molecular flexibility index (Phi) is 7.19. The van der Waals surface area contributed by atoms with Gasteiger partial charge in [0.05, 0.1) is 19.3 Å². The summed E-state index contributed by atoms with van der Waals surface area (Å²) in [5, 5.41) is 15.8. The first-order valence-corrected chi connectivity index (χ1v) is 8.24. The summed E-state index contributed by atoms with van der Waals surface area (Å²) in [6.07, 6.45) is 0.487. The van der Waals surface area contributed by atoms with Gasteiger partial charge in [-0.25, -0.2) is 0 Å². The number of hydrogen-bond donors (Lipinski definition) is 2. The van der Waals surface area contributed by atoms with Crippen molar-refractivity contribution < 1.29 is 9.84 Å². The average Bonchev–Trinajstić information content (AvgIpc) is 2.99. The van der Waals surface area contributed by atoms with Crippen molar-refractivity contribution in [3.63, 3.8) is 0 Å². The Bertz CT molecular complexity index is 519. The lowest BCUT2D eigenvalue weighted by atomic mass is 10.2. The van der Waals surface area contributed by atoms with Gasteiger partial charge in [0.25, 0.3) is 0 Å². The molecule has 1 heterocycles. The Hall–Kier alpha value is -0.910. The van der Waals surface area contributed by atoms with Crippen LogP contribution >= 0.6 is 22.9 Å². The molecule has 2 aromatic rings. The molecule has 0 aliphatic rings. The molecule has 5 heteroatoms. The number of thiophene rings is 1. The van der Waals surface area contributed by atoms with E-state index in [2.05, 4.69) is 22.8 Å². The van der Waals surface area contributed by atoms with Gasteiger partial charge in [-0.3, -0.25) is 0 Å². The van der Waals surface area contributed by atoms with Crippen LogP contribution in [-0.2, 0) is 17.8 Å². The van der Waals surface area contributed by atoms with E-state index in [-0.39, 0.29) is 0 Å². The maximum Gasteiger partial charge on any atom is 0.0897 e. The zero-order valence-corrected chi connectivity index (χ0v) is 13.4. The lowest BCUT2D eigenvalue weighted by Gasteiger charge is -2.12. The molecule has 0 radical (unpaired) electrons. The van der Waals surface area contributed by atoms with E-state index < -0.39 is 6.10 Å². The van der Waals surface area contributed by atoms with E-state index in [0.717, 1.165) is 18.5 Å². The van der Waals surface area contributed by atoms with Crippen LogP contribution in [-0.4, -0.2) is 30.9 Å². The van der Waals surface area contributed by atoms with E-state index in [9.17, 15) is 5.11 Å². The molecule has 0 amide bonds. The first-order valence-electron chi connectivity index (χ1n) is 6.98. The van der Waals surface area contributed by atoms with Crippen molar-refractivity contribution in [2.75, 3.05) is 19.7 Å². The number of hydrogen-bond acceptors (Lipinski definition) is 4. The number of rotatable bonds is 9. The van der Waals surface area contributed by atoms with Crippen molar-refractivity contribution >= 4 is 22.9 Å². The molecule has 1 aromatic heterocycles. The lowest BCUT2D eigenvalue weighted by Crippen LogP contribution is -2.31. The first kappa shape index (κ1) is 16.5. The standard InChI is InChI=1S/C16H20ClNO2S/c17-16-6-2-1-4-13(16)11-20-12-14(19)10-18-8-7-15-5-3-9-21-15/h1-6,9,14,18-19H,7-8,10-12H2. The first-order chi connectivity index (χ1) is 10.3. The van der Waals surface area contributed by atoms with E-state index >= 15 is 0 Å². The van der Waals surface area contributed by atoms with Crippen molar-refractivity contribution in [1.29, 1.82) is 0 Å². The normalized spacial score (nSPS) is 12.5. The van der Waals surface area contributed by atoms with E-state index in [0.29, 0.717) is 24.8 Å². The molecule has 1 atom stereocenters. The van der Waals surface area contributed by atoms with Crippen molar-refractivity contribution in [1.82, 2.24) is 5.32 Å². The fourth-order valence-corrected chi connectivity index (χ4v) is 2.81. The average molecular weight is 326 g/mol. The molecule has 0 saturated heterocycles. The number of nitrogens with one attached hydrogen (secondary N) is 1. The van der Waals surface area contributed by atoms with Gasteiger partial charge in [0.1, 0.15) is 0 Å². The summed E-state index contributed by atoms with van der Waals surface area (Å²) in [6.45, 7) is 2.12. The van der Waals surface area contributed by atoms with E-state index in [1.54, 1.807) is 11.3 Å². The zero-order chi connectivity index (χ0) is 14.9. The van der Waals surface area contributed by atoms with Crippen molar-refractivity contribution in [2.24, 2.45) is 0 Å². The van der Waals surface area contributed by atoms with Crippen molar-refractivity contribution in [3.8, 4) is 0 Å². The molecule has 0 saturated carbocycles. The molecular weight excluding hydrogens is 306 g/mol. The second-order valence-corrected chi connectivity index (χ2v) is 6.23. The third kappa shape index (κ3) is 6.16. The maximum atomic E-state index is 9.84. The summed E-state index contributed by atoms with van der Waals surface area (Å²) in [5.41, 5.74) is 0.942. The van der Waals surface area contributed by atoms with Gasteiger partial charge < -0.3 is 15.2 Å². The largest absolute Gasteiger partial charge is 0.389 e. The fraction of sp³-hybridized carbons (Fsp3) is 0.375. The Balaban J connectivity index is 1.55. The topological polar surface area (TPSA) is 41.5 Å². The number of halogens is 1. The quantitative estimate of drug-likeness (QED) is 0.696. The molecular formula is C16H20ClNO2S. The predicted molar refractivity (Wildman–Crippen MR) is 88.0 cm³/mol. The van der Waals surface area contributed by atoms with E-state index in [4.69, 9.17) is 16.3 Å². The Labute approximate surface area is 134 Å². The fourth-order valence-electron chi connectivity index (χ4n) is 1.91. The maximum absolute atomic E-state index is 9.84. The molecule has 1 aromatic carbocycles. The predicted octanol–water partition coefficient (Wildman–Crippen LogP) is 3.11. The number of aliphatic hydroxyl groups excluding tert-OH is 1. The minimum Gasteiger partial charge on any atom is -0.389 e. The van der Waals surface area contributed by atoms with Crippen molar-refractivity contribution in [3.05, 3.63) is 57.2 Å². The van der Waals surface area contributed by atoms with Crippen molar-refractivity contribution in [2.45, 2.75) is 19.1 Å². The monoisotopic (exact) mass is 325 g/mol. The Morgan fingerprint density at radius 2 is 2.10 bits per heavy atom. The van der Waals surface area contributed by atoms with Gasteiger partial charge in [-0.2, -0.15) is 0 Å². The van der Waals surface area contributed by atoms with Crippen LogP contribution in [0.25, 0.3) is 0 Å². The number of aliphatic hydroxyl groups is 1. The smallest absolute Gasteiger partial charge is 0.0897 e. The molecule has 1 unspecified atom stereocenters. The summed E-state index contributed by atoms with van der Waals surface area (Å²) < 4.78 is 5.49. The second-order valence-electron chi connectivity index (χ2n) is 4.79. The van der Waals surface area contributed by atoms with Crippen LogP contribution in [0.2, 0.25) is 5.02 Å². The van der Waals surface area contributed by atoms with Crippen LogP contribution in [0.1, 0.15) is 10.4 Å². The van der Waals surface area contributed by atoms with Crippen LogP contribution in [0, 0.1) is 0 Å². The minimum atomic E-state index is -0.504. The van der Waals surface area contributed by atoms with Crippen LogP contribution in [0.5, 0.6) is 0 Å². The molecule has 0 fully saturated rings. The highest BCUT2D eigenvalue weighted by Crippen LogP contribution is 2.15. The van der Waals surface area contributed by atoms with Gasteiger partial charge in [0.2, 0.25) is 0 Å². The Morgan fingerprint density at radius 1 is 1.24 bits per heavy atom. The molecule has 21 heavy (non-hydrogen) atoms. The molecule has 0 spiro atoms. The van der Waals surface area contributed by atoms with E-state index in [1.165, 1.54) is 4.88 Å². The number of ether oxygens (including phenoxy) is 1. The van der Waals surface area contributed by atoms with Gasteiger partial charge in [-0.1, -0.05) is 35.9 Å². The third-order valence-corrected chi connectivity index (χ3v) is 4.34. The van der Waals surface area contributed by atoms with Gasteiger partial charge in [0, 0.05) is 23.0 Å².